The second kappa shape index (κ2) is 13.9. The van der Waals surface area contributed by atoms with Gasteiger partial charge in [0.1, 0.15) is 5.69 Å². The van der Waals surface area contributed by atoms with E-state index in [2.05, 4.69) is 19.7 Å². The maximum atomic E-state index is 12.9. The van der Waals surface area contributed by atoms with Crippen molar-refractivity contribution in [2.75, 3.05) is 25.3 Å². The third kappa shape index (κ3) is 7.42. The van der Waals surface area contributed by atoms with E-state index >= 15 is 0 Å². The van der Waals surface area contributed by atoms with Gasteiger partial charge in [-0.15, -0.1) is 5.11 Å². The highest BCUT2D eigenvalue weighted by Crippen LogP contribution is 2.45. The van der Waals surface area contributed by atoms with Gasteiger partial charge in [0.15, 0.2) is 16.8 Å². The molecule has 40 heavy (non-hydrogen) atoms. The highest BCUT2D eigenvalue weighted by molar-refractivity contribution is 8.77. The van der Waals surface area contributed by atoms with E-state index in [0.29, 0.717) is 17.4 Å². The van der Waals surface area contributed by atoms with Crippen molar-refractivity contribution < 1.29 is 30.9 Å². The third-order valence-electron chi connectivity index (χ3n) is 6.17. The van der Waals surface area contributed by atoms with Crippen LogP contribution in [0.25, 0.3) is 10.8 Å². The van der Waals surface area contributed by atoms with Crippen molar-refractivity contribution in [3.8, 4) is 5.75 Å². The van der Waals surface area contributed by atoms with Crippen molar-refractivity contribution in [1.82, 2.24) is 0 Å². The maximum absolute atomic E-state index is 12.9. The fraction of sp³-hybridized carbons (Fsp3) is 0.346. The average Bonchev–Trinajstić information content (AvgIpc) is 3.48. The molecule has 3 aromatic rings. The van der Waals surface area contributed by atoms with E-state index in [0.717, 1.165) is 25.7 Å². The van der Waals surface area contributed by atoms with Crippen LogP contribution in [0.5, 0.6) is 5.75 Å². The number of anilines is 1. The number of benzene rings is 3. The summed E-state index contributed by atoms with van der Waals surface area (Å²) in [5.41, 5.74) is 0.395. The highest BCUT2D eigenvalue weighted by Gasteiger charge is 2.24. The summed E-state index contributed by atoms with van der Waals surface area (Å²) in [6.07, 6.45) is 3.99. The number of carbonyl (C=O) groups is 1. The van der Waals surface area contributed by atoms with E-state index in [1.165, 1.54) is 31.7 Å². The zero-order valence-corrected chi connectivity index (χ0v) is 25.1. The lowest BCUT2D eigenvalue weighted by atomic mass is 10.1. The van der Waals surface area contributed by atoms with Crippen LogP contribution < -0.4 is 5.32 Å². The molecule has 2 atom stereocenters. The number of phenolic OH excluding ortho intramolecular Hbond substituents is 1. The predicted molar refractivity (Wildman–Crippen MR) is 159 cm³/mol. The Labute approximate surface area is 243 Å². The third-order valence-corrected chi connectivity index (χ3v) is 11.4. The highest BCUT2D eigenvalue weighted by atomic mass is 33.1. The fourth-order valence-electron chi connectivity index (χ4n) is 4.15. The van der Waals surface area contributed by atoms with Crippen LogP contribution in [0.15, 0.2) is 68.6 Å². The molecule has 3 aromatic carbocycles. The Kier molecular flexibility index (Phi) is 10.6. The largest absolute Gasteiger partial charge is 0.505 e. The molecular weight excluding hydrogens is 595 g/mol. The van der Waals surface area contributed by atoms with Crippen LogP contribution >= 0.6 is 21.6 Å². The van der Waals surface area contributed by atoms with Gasteiger partial charge in [0.05, 0.1) is 35.4 Å². The molecule has 1 saturated heterocycles. The standard InChI is InChI=1S/C26H29N3O7S4/c1-35-39(32)22-15-17-14-20(40(33,34)36-2)16-21(27-23(30)11-7-6-10-19-12-13-37-38-19)24(17)26(31)25(22)29-28-18-8-4-3-5-9-18/h3-5,8-9,14-16,19,31H,6-7,10-13H2,1-2H3,(H,27,30). The fourth-order valence-corrected chi connectivity index (χ4v) is 8.60. The summed E-state index contributed by atoms with van der Waals surface area (Å²) >= 11 is -2.06. The SMILES string of the molecule is COS(=O)c1cc2cc(S(=O)(=O)OC)cc(NC(=O)CCCCC3CCSS3)c2c(O)c1N=Nc1ccccc1. The number of hydrogen-bond donors (Lipinski definition) is 2. The summed E-state index contributed by atoms with van der Waals surface area (Å²) < 4.78 is 47.6. The van der Waals surface area contributed by atoms with Crippen molar-refractivity contribution in [2.24, 2.45) is 10.2 Å². The molecule has 1 aliphatic heterocycles. The number of nitrogens with zero attached hydrogens (tertiary/aromatic N) is 2. The number of fused-ring (bicyclic) bond motifs is 1. The van der Waals surface area contributed by atoms with Crippen LogP contribution in [-0.4, -0.2) is 48.9 Å². The number of hydrogen-bond acceptors (Lipinski definition) is 11. The van der Waals surface area contributed by atoms with Crippen LogP contribution in [0.1, 0.15) is 32.1 Å². The van der Waals surface area contributed by atoms with Crippen LogP contribution in [0.2, 0.25) is 0 Å². The molecule has 0 aliphatic carbocycles. The zero-order valence-electron chi connectivity index (χ0n) is 21.9. The van der Waals surface area contributed by atoms with Crippen molar-refractivity contribution in [2.45, 2.75) is 47.1 Å². The van der Waals surface area contributed by atoms with Crippen LogP contribution in [0.4, 0.5) is 17.1 Å². The molecule has 10 nitrogen and oxygen atoms in total. The molecule has 4 rings (SSSR count). The zero-order chi connectivity index (χ0) is 28.7. The molecule has 14 heteroatoms. The molecule has 0 aromatic heterocycles. The Morgan fingerprint density at radius 3 is 2.60 bits per heavy atom. The molecule has 0 bridgehead atoms. The van der Waals surface area contributed by atoms with E-state index < -0.39 is 26.9 Å². The summed E-state index contributed by atoms with van der Waals surface area (Å²) in [6, 6.07) is 12.6. The van der Waals surface area contributed by atoms with Gasteiger partial charge in [-0.3, -0.25) is 13.2 Å². The van der Waals surface area contributed by atoms with Crippen molar-refractivity contribution in [3.05, 3.63) is 48.5 Å². The van der Waals surface area contributed by atoms with E-state index in [4.69, 9.17) is 4.18 Å². The van der Waals surface area contributed by atoms with Crippen molar-refractivity contribution in [3.63, 3.8) is 0 Å². The number of azo groups is 1. The molecule has 1 aliphatic rings. The summed E-state index contributed by atoms with van der Waals surface area (Å²) in [4.78, 5) is 12.6. The Hall–Kier alpha value is -2.49. The Morgan fingerprint density at radius 2 is 1.93 bits per heavy atom. The number of phenols is 1. The quantitative estimate of drug-likeness (QED) is 0.0984. The lowest BCUT2D eigenvalue weighted by molar-refractivity contribution is -0.116. The van der Waals surface area contributed by atoms with Gasteiger partial charge in [0.25, 0.3) is 10.1 Å². The van der Waals surface area contributed by atoms with Gasteiger partial charge in [-0.25, -0.2) is 4.21 Å². The number of rotatable bonds is 12. The number of amides is 1. The number of carbonyl (C=O) groups excluding carboxylic acids is 1. The summed E-state index contributed by atoms with van der Waals surface area (Å²) in [5.74, 6) is 0.378. The Balaban J connectivity index is 1.74. The van der Waals surface area contributed by atoms with E-state index in [9.17, 15) is 22.5 Å². The smallest absolute Gasteiger partial charge is 0.296 e. The minimum absolute atomic E-state index is 0.0284. The first-order chi connectivity index (χ1) is 19.2. The molecule has 1 heterocycles. The topological polar surface area (TPSA) is 144 Å². The molecule has 0 saturated carbocycles. The number of unbranched alkanes of at least 4 members (excludes halogenated alkanes) is 1. The molecule has 2 unspecified atom stereocenters. The number of aromatic hydroxyl groups is 1. The van der Waals surface area contributed by atoms with Gasteiger partial charge in [0.2, 0.25) is 5.91 Å². The van der Waals surface area contributed by atoms with Gasteiger partial charge < -0.3 is 10.4 Å². The minimum Gasteiger partial charge on any atom is -0.505 e. The molecule has 2 N–H and O–H groups in total. The van der Waals surface area contributed by atoms with Crippen molar-refractivity contribution >= 4 is 76.5 Å². The van der Waals surface area contributed by atoms with E-state index in [-0.39, 0.29) is 44.3 Å². The van der Waals surface area contributed by atoms with Crippen LogP contribution in [-0.2, 0) is 34.4 Å². The lowest BCUT2D eigenvalue weighted by Gasteiger charge is -2.15. The van der Waals surface area contributed by atoms with Gasteiger partial charge in [-0.2, -0.15) is 13.5 Å². The Morgan fingerprint density at radius 1 is 1.15 bits per heavy atom. The first-order valence-electron chi connectivity index (χ1n) is 12.4. The Bertz CT molecular complexity index is 1530. The van der Waals surface area contributed by atoms with E-state index in [1.54, 1.807) is 24.3 Å². The van der Waals surface area contributed by atoms with Crippen LogP contribution in [0.3, 0.4) is 0 Å². The molecule has 0 radical (unpaired) electrons. The van der Waals surface area contributed by atoms with Gasteiger partial charge >= 0.3 is 0 Å². The monoisotopic (exact) mass is 623 g/mol. The summed E-state index contributed by atoms with van der Waals surface area (Å²) in [7, 11) is 1.84. The minimum atomic E-state index is -4.17. The second-order valence-corrected chi connectivity index (χ2v) is 14.6. The number of nitrogens with one attached hydrogen (secondary N) is 1. The maximum Gasteiger partial charge on any atom is 0.296 e. The van der Waals surface area contributed by atoms with E-state index in [1.807, 2.05) is 27.7 Å². The summed E-state index contributed by atoms with van der Waals surface area (Å²) in [5, 5.41) is 23.3. The predicted octanol–water partition coefficient (Wildman–Crippen LogP) is 6.62. The van der Waals surface area contributed by atoms with Gasteiger partial charge in [-0.1, -0.05) is 46.2 Å². The average molecular weight is 624 g/mol. The van der Waals surface area contributed by atoms with Crippen molar-refractivity contribution in [1.29, 1.82) is 0 Å². The molecule has 214 valence electrons. The summed E-state index contributed by atoms with van der Waals surface area (Å²) in [6.45, 7) is 0. The molecular formula is C26H29N3O7S4. The lowest BCUT2D eigenvalue weighted by Crippen LogP contribution is -2.13. The van der Waals surface area contributed by atoms with Crippen LogP contribution in [0, 0.1) is 0 Å². The first-order valence-corrected chi connectivity index (χ1v) is 17.3. The second-order valence-electron chi connectivity index (χ2n) is 8.82. The molecule has 1 amide bonds. The molecule has 1 fully saturated rings. The van der Waals surface area contributed by atoms with Gasteiger partial charge in [0, 0.05) is 22.8 Å². The first kappa shape index (κ1) is 30.5. The normalized spacial score (nSPS) is 16.5. The van der Waals surface area contributed by atoms with Gasteiger partial charge in [-0.05, 0) is 55.0 Å². The molecule has 0 spiro atoms.